The van der Waals surface area contributed by atoms with Crippen molar-refractivity contribution in [3.63, 3.8) is 0 Å². The summed E-state index contributed by atoms with van der Waals surface area (Å²) in [4.78, 5) is 27.7. The summed E-state index contributed by atoms with van der Waals surface area (Å²) >= 11 is 0. The lowest BCUT2D eigenvalue weighted by Gasteiger charge is -2.26. The number of nitriles is 1. The van der Waals surface area contributed by atoms with Crippen LogP contribution in [-0.2, 0) is 0 Å². The van der Waals surface area contributed by atoms with Crippen molar-refractivity contribution in [3.05, 3.63) is 32.5 Å². The fourth-order valence-corrected chi connectivity index (χ4v) is 4.66. The molecule has 2 aliphatic rings. The number of rotatable bonds is 5. The van der Waals surface area contributed by atoms with Gasteiger partial charge < -0.3 is 21.8 Å². The lowest BCUT2D eigenvalue weighted by molar-refractivity contribution is 0.406. The Hall–Kier alpha value is -2.99. The molecule has 4 rings (SSSR count). The van der Waals surface area contributed by atoms with Crippen LogP contribution in [0.5, 0.6) is 0 Å². The minimum absolute atomic E-state index is 0.0596. The molecule has 5 N–H and O–H groups in total. The van der Waals surface area contributed by atoms with Crippen LogP contribution in [0.2, 0.25) is 0 Å². The molecular weight excluding hydrogens is 370 g/mol. The average molecular weight is 397 g/mol. The lowest BCUT2D eigenvalue weighted by Crippen LogP contribution is -2.45. The minimum Gasteiger partial charge on any atom is -0.398 e. The van der Waals surface area contributed by atoms with E-state index in [4.69, 9.17) is 16.8 Å². The van der Waals surface area contributed by atoms with Gasteiger partial charge in [-0.3, -0.25) is 9.36 Å². The highest BCUT2D eigenvalue weighted by molar-refractivity contribution is 5.96. The molecule has 1 aliphatic carbocycles. The second-order valence-corrected chi connectivity index (χ2v) is 8.14. The van der Waals surface area contributed by atoms with Crippen LogP contribution in [0, 0.1) is 24.2 Å². The van der Waals surface area contributed by atoms with Crippen LogP contribution in [0.3, 0.4) is 0 Å². The molecule has 0 amide bonds. The molecule has 0 spiro atoms. The molecule has 9 nitrogen and oxygen atoms in total. The number of benzene rings is 1. The SMILES string of the molecule is CNC(CC#N)C1CCN(c2cc(N)c3c(=O)n(N)c(=O)n(C4CC4)c3c2C)C1. The molecule has 1 aromatic carbocycles. The molecule has 1 saturated heterocycles. The summed E-state index contributed by atoms with van der Waals surface area (Å²) in [6.07, 6.45) is 3.21. The topological polar surface area (TPSA) is 135 Å². The summed E-state index contributed by atoms with van der Waals surface area (Å²) in [7, 11) is 1.89. The van der Waals surface area contributed by atoms with Crippen molar-refractivity contribution in [1.82, 2.24) is 14.6 Å². The molecule has 9 heteroatoms. The predicted molar refractivity (Wildman–Crippen MR) is 113 cm³/mol. The molecule has 2 heterocycles. The van der Waals surface area contributed by atoms with Crippen LogP contribution in [0.1, 0.15) is 37.3 Å². The quantitative estimate of drug-likeness (QED) is 0.492. The summed E-state index contributed by atoms with van der Waals surface area (Å²) < 4.78 is 2.31. The molecule has 2 atom stereocenters. The molecule has 0 bridgehead atoms. The van der Waals surface area contributed by atoms with Gasteiger partial charge >= 0.3 is 5.69 Å². The molecule has 1 aliphatic heterocycles. The van der Waals surface area contributed by atoms with E-state index in [1.54, 1.807) is 4.57 Å². The maximum absolute atomic E-state index is 12.7. The fourth-order valence-electron chi connectivity index (χ4n) is 4.66. The monoisotopic (exact) mass is 397 g/mol. The predicted octanol–water partition coefficient (Wildman–Crippen LogP) is 0.431. The van der Waals surface area contributed by atoms with Gasteiger partial charge in [-0.05, 0) is 50.8 Å². The third-order valence-corrected chi connectivity index (χ3v) is 6.37. The number of anilines is 2. The van der Waals surface area contributed by atoms with Gasteiger partial charge in [0, 0.05) is 36.5 Å². The van der Waals surface area contributed by atoms with Crippen LogP contribution in [-0.4, -0.2) is 35.4 Å². The number of hydrogen-bond acceptors (Lipinski definition) is 7. The number of hydrogen-bond donors (Lipinski definition) is 3. The van der Waals surface area contributed by atoms with E-state index in [2.05, 4.69) is 16.3 Å². The van der Waals surface area contributed by atoms with Crippen molar-refractivity contribution >= 4 is 22.3 Å². The third kappa shape index (κ3) is 3.04. The smallest absolute Gasteiger partial charge is 0.350 e. The van der Waals surface area contributed by atoms with Crippen molar-refractivity contribution in [1.29, 1.82) is 5.26 Å². The van der Waals surface area contributed by atoms with E-state index >= 15 is 0 Å². The Morgan fingerprint density at radius 3 is 2.69 bits per heavy atom. The standard InChI is InChI=1S/C20H27N7O2/c1-11-16(25-8-6-12(10-25)15(24-2)5-7-21)9-14(22)17-18(11)26(13-3-4-13)20(29)27(23)19(17)28/h9,12-13,15,24H,3-6,8,10,22-23H2,1-2H3. The van der Waals surface area contributed by atoms with Crippen molar-refractivity contribution in [2.45, 2.75) is 44.7 Å². The van der Waals surface area contributed by atoms with Crippen molar-refractivity contribution in [2.24, 2.45) is 5.92 Å². The minimum atomic E-state index is -0.558. The number of aromatic nitrogens is 2. The molecule has 29 heavy (non-hydrogen) atoms. The van der Waals surface area contributed by atoms with Gasteiger partial charge in [-0.2, -0.15) is 9.94 Å². The zero-order chi connectivity index (χ0) is 20.9. The van der Waals surface area contributed by atoms with Gasteiger partial charge in [-0.1, -0.05) is 0 Å². The average Bonchev–Trinajstić information content (AvgIpc) is 3.42. The number of nitrogens with one attached hydrogen (secondary N) is 1. The zero-order valence-electron chi connectivity index (χ0n) is 16.8. The normalized spacial score (nSPS) is 20.2. The maximum atomic E-state index is 12.7. The summed E-state index contributed by atoms with van der Waals surface area (Å²) in [6, 6.07) is 4.27. The second-order valence-electron chi connectivity index (χ2n) is 8.14. The van der Waals surface area contributed by atoms with E-state index in [0.29, 0.717) is 33.6 Å². The van der Waals surface area contributed by atoms with Crippen molar-refractivity contribution in [2.75, 3.05) is 36.6 Å². The Morgan fingerprint density at radius 1 is 1.34 bits per heavy atom. The highest BCUT2D eigenvalue weighted by atomic mass is 16.2. The number of nitrogens with zero attached hydrogens (tertiary/aromatic N) is 4. The first kappa shape index (κ1) is 19.3. The molecule has 1 saturated carbocycles. The Bertz CT molecular complexity index is 1120. The molecule has 2 aromatic rings. The Morgan fingerprint density at radius 2 is 2.07 bits per heavy atom. The highest BCUT2D eigenvalue weighted by Crippen LogP contribution is 2.40. The first-order valence-corrected chi connectivity index (χ1v) is 10.0. The first-order chi connectivity index (χ1) is 13.9. The first-order valence-electron chi connectivity index (χ1n) is 10.0. The van der Waals surface area contributed by atoms with Crippen LogP contribution >= 0.6 is 0 Å². The van der Waals surface area contributed by atoms with Crippen LogP contribution in [0.25, 0.3) is 10.9 Å². The molecular formula is C20H27N7O2. The molecule has 1 aromatic heterocycles. The van der Waals surface area contributed by atoms with E-state index in [9.17, 15) is 9.59 Å². The Balaban J connectivity index is 1.84. The van der Waals surface area contributed by atoms with Gasteiger partial charge in [0.15, 0.2) is 0 Å². The lowest BCUT2D eigenvalue weighted by atomic mass is 9.97. The molecule has 2 fully saturated rings. The summed E-state index contributed by atoms with van der Waals surface area (Å²) in [5.74, 6) is 6.11. The zero-order valence-corrected chi connectivity index (χ0v) is 16.8. The van der Waals surface area contributed by atoms with Crippen molar-refractivity contribution in [3.8, 4) is 6.07 Å². The van der Waals surface area contributed by atoms with Crippen LogP contribution in [0.15, 0.2) is 15.7 Å². The van der Waals surface area contributed by atoms with Gasteiger partial charge in [-0.25, -0.2) is 4.79 Å². The van der Waals surface area contributed by atoms with E-state index in [-0.39, 0.29) is 12.1 Å². The van der Waals surface area contributed by atoms with Crippen molar-refractivity contribution < 1.29 is 0 Å². The summed E-state index contributed by atoms with van der Waals surface area (Å²) in [5, 5.41) is 12.6. The number of nitrogens with two attached hydrogens (primary N) is 2. The number of nitrogen functional groups attached to an aromatic ring is 2. The summed E-state index contributed by atoms with van der Waals surface area (Å²) in [6.45, 7) is 3.57. The Kier molecular flexibility index (Phi) is 4.74. The second kappa shape index (κ2) is 7.12. The van der Waals surface area contributed by atoms with E-state index in [1.165, 1.54) is 0 Å². The molecule has 154 valence electrons. The Labute approximate surface area is 168 Å². The molecule has 0 radical (unpaired) electrons. The van der Waals surface area contributed by atoms with Gasteiger partial charge in [0.1, 0.15) is 0 Å². The van der Waals surface area contributed by atoms with Gasteiger partial charge in [0.2, 0.25) is 0 Å². The maximum Gasteiger partial charge on any atom is 0.350 e. The van der Waals surface area contributed by atoms with E-state index < -0.39 is 11.2 Å². The molecule has 2 unspecified atom stereocenters. The number of fused-ring (bicyclic) bond motifs is 1. The summed E-state index contributed by atoms with van der Waals surface area (Å²) in [5.41, 5.74) is 8.00. The largest absolute Gasteiger partial charge is 0.398 e. The van der Waals surface area contributed by atoms with Crippen LogP contribution in [0.4, 0.5) is 11.4 Å². The van der Waals surface area contributed by atoms with Gasteiger partial charge in [-0.15, -0.1) is 0 Å². The third-order valence-electron chi connectivity index (χ3n) is 6.37. The number of aryl methyl sites for hydroxylation is 1. The van der Waals surface area contributed by atoms with Gasteiger partial charge in [0.25, 0.3) is 5.56 Å². The fraction of sp³-hybridized carbons (Fsp3) is 0.550. The van der Waals surface area contributed by atoms with Crippen LogP contribution < -0.4 is 33.0 Å². The highest BCUT2D eigenvalue weighted by Gasteiger charge is 2.33. The van der Waals surface area contributed by atoms with E-state index in [0.717, 1.165) is 43.6 Å². The van der Waals surface area contributed by atoms with E-state index in [1.807, 2.05) is 20.0 Å². The van der Waals surface area contributed by atoms with Gasteiger partial charge in [0.05, 0.1) is 23.4 Å².